The number of likely N-dealkylation sites (N-methyl/N-ethyl adjacent to an activating group) is 2. The minimum absolute atomic E-state index is 0. The first kappa shape index (κ1) is 35.1. The number of urea groups is 1. The molecule has 3 aliphatic heterocycles. The number of hydrogen-bond donors (Lipinski definition) is 2. The van der Waals surface area contributed by atoms with E-state index in [9.17, 15) is 28.8 Å². The number of piperazine rings is 1. The molecule has 0 spiro atoms. The summed E-state index contributed by atoms with van der Waals surface area (Å²) in [6.07, 6.45) is 0. The molecule has 2 N–H and O–H groups in total. The predicted molar refractivity (Wildman–Crippen MR) is 166 cm³/mol. The van der Waals surface area contributed by atoms with Crippen LogP contribution in [0.2, 0.25) is 0 Å². The van der Waals surface area contributed by atoms with Gasteiger partial charge in [-0.05, 0) is 39.4 Å². The van der Waals surface area contributed by atoms with Crippen molar-refractivity contribution in [3.05, 3.63) is 35.9 Å². The number of β-lactam (4-membered cyclic amide) rings is 1. The fraction of sp³-hybridized carbons (Fsp3) is 0.586. The normalized spacial score (nSPS) is 23.0. The summed E-state index contributed by atoms with van der Waals surface area (Å²) in [6, 6.07) is 4.54. The van der Waals surface area contributed by atoms with Crippen molar-refractivity contribution in [1.82, 2.24) is 30.2 Å². The van der Waals surface area contributed by atoms with Gasteiger partial charge in [-0.15, -0.1) is 24.2 Å². The summed E-state index contributed by atoms with van der Waals surface area (Å²) < 4.78 is 4.90. The Labute approximate surface area is 267 Å². The first-order valence-electron chi connectivity index (χ1n) is 14.6. The lowest BCUT2D eigenvalue weighted by atomic mass is 9.95. The topological polar surface area (TPSA) is 149 Å². The SMILES string of the molecule is CCN(CC)CCOC(=O)[C@@H]1N2C(=O)[C@@H](NC(=O)[C@H](NC(=O)N3CCN(CC)C(=O)C3=O)c3ccccc3)[C@H]2SC1(C)C.Cl. The molecule has 1 aromatic carbocycles. The molecule has 6 amide bonds. The number of halogens is 1. The molecule has 0 radical (unpaired) electrons. The molecule has 0 aromatic heterocycles. The monoisotopic (exact) mass is 652 g/mol. The third-order valence-corrected chi connectivity index (χ3v) is 9.68. The largest absolute Gasteiger partial charge is 0.463 e. The van der Waals surface area contributed by atoms with Gasteiger partial charge in [0.05, 0.1) is 0 Å². The van der Waals surface area contributed by atoms with Crippen molar-refractivity contribution in [2.75, 3.05) is 45.9 Å². The van der Waals surface area contributed by atoms with Crippen LogP contribution in [0.25, 0.3) is 0 Å². The number of benzene rings is 1. The van der Waals surface area contributed by atoms with Crippen molar-refractivity contribution in [3.8, 4) is 0 Å². The zero-order chi connectivity index (χ0) is 31.5. The third kappa shape index (κ3) is 6.97. The van der Waals surface area contributed by atoms with Gasteiger partial charge in [-0.1, -0.05) is 44.2 Å². The summed E-state index contributed by atoms with van der Waals surface area (Å²) in [5.41, 5.74) is 0.428. The Morgan fingerprint density at radius 3 is 2.32 bits per heavy atom. The molecule has 4 rings (SSSR count). The second kappa shape index (κ2) is 14.6. The van der Waals surface area contributed by atoms with Gasteiger partial charge in [-0.3, -0.25) is 24.1 Å². The van der Waals surface area contributed by atoms with Crippen molar-refractivity contribution in [3.63, 3.8) is 0 Å². The van der Waals surface area contributed by atoms with Crippen LogP contribution in [0.1, 0.15) is 46.2 Å². The number of carbonyl (C=O) groups is 6. The Bertz CT molecular complexity index is 1260. The lowest BCUT2D eigenvalue weighted by Gasteiger charge is -2.44. The minimum atomic E-state index is -1.25. The van der Waals surface area contributed by atoms with Crippen molar-refractivity contribution >= 4 is 59.8 Å². The van der Waals surface area contributed by atoms with Gasteiger partial charge in [0.1, 0.15) is 30.1 Å². The summed E-state index contributed by atoms with van der Waals surface area (Å²) in [4.78, 5) is 83.8. The van der Waals surface area contributed by atoms with Gasteiger partial charge in [0.25, 0.3) is 0 Å². The number of imide groups is 1. The van der Waals surface area contributed by atoms with E-state index in [0.29, 0.717) is 18.7 Å². The third-order valence-electron chi connectivity index (χ3n) is 8.11. The van der Waals surface area contributed by atoms with Crippen LogP contribution in [0.3, 0.4) is 0 Å². The predicted octanol–water partition coefficient (Wildman–Crippen LogP) is 0.982. The Kier molecular flexibility index (Phi) is 11.7. The highest BCUT2D eigenvalue weighted by Gasteiger charge is 2.64. The van der Waals surface area contributed by atoms with E-state index in [1.165, 1.54) is 21.6 Å². The highest BCUT2D eigenvalue weighted by Crippen LogP contribution is 2.51. The molecule has 3 aliphatic rings. The summed E-state index contributed by atoms with van der Waals surface area (Å²) in [6.45, 7) is 12.5. The highest BCUT2D eigenvalue weighted by molar-refractivity contribution is 8.01. The van der Waals surface area contributed by atoms with Gasteiger partial charge in [-0.25, -0.2) is 9.59 Å². The lowest BCUT2D eigenvalue weighted by Crippen LogP contribution is -2.71. The molecule has 0 aliphatic carbocycles. The second-order valence-corrected chi connectivity index (χ2v) is 12.8. The maximum Gasteiger partial charge on any atom is 0.330 e. The van der Waals surface area contributed by atoms with E-state index in [2.05, 4.69) is 15.5 Å². The van der Waals surface area contributed by atoms with Gasteiger partial charge in [0.15, 0.2) is 0 Å². The summed E-state index contributed by atoms with van der Waals surface area (Å²) in [7, 11) is 0. The highest BCUT2D eigenvalue weighted by atomic mass is 35.5. The van der Waals surface area contributed by atoms with E-state index < -0.39 is 63.9 Å². The van der Waals surface area contributed by atoms with Gasteiger partial charge in [0, 0.05) is 30.9 Å². The average molecular weight is 653 g/mol. The maximum absolute atomic E-state index is 13.6. The first-order chi connectivity index (χ1) is 20.4. The smallest absolute Gasteiger partial charge is 0.330 e. The van der Waals surface area contributed by atoms with E-state index in [-0.39, 0.29) is 32.1 Å². The quantitative estimate of drug-likeness (QED) is 0.203. The van der Waals surface area contributed by atoms with Gasteiger partial charge < -0.3 is 30.1 Å². The molecule has 4 atom stereocenters. The summed E-state index contributed by atoms with van der Waals surface area (Å²) >= 11 is 1.40. The van der Waals surface area contributed by atoms with Crippen LogP contribution in [0.15, 0.2) is 30.3 Å². The molecule has 3 saturated heterocycles. The van der Waals surface area contributed by atoms with E-state index >= 15 is 0 Å². The van der Waals surface area contributed by atoms with Crippen LogP contribution >= 0.6 is 24.2 Å². The zero-order valence-electron chi connectivity index (χ0n) is 25.6. The summed E-state index contributed by atoms with van der Waals surface area (Å²) in [5.74, 6) is -3.32. The molecule has 0 bridgehead atoms. The van der Waals surface area contributed by atoms with Gasteiger partial charge in [0.2, 0.25) is 11.8 Å². The van der Waals surface area contributed by atoms with Crippen molar-refractivity contribution in [2.45, 2.75) is 62.9 Å². The van der Waals surface area contributed by atoms with Crippen LogP contribution in [-0.4, -0.2) is 123 Å². The van der Waals surface area contributed by atoms with Crippen LogP contribution in [-0.2, 0) is 28.7 Å². The molecule has 1 aromatic rings. The molecule has 0 saturated carbocycles. The van der Waals surface area contributed by atoms with E-state index in [0.717, 1.165) is 18.0 Å². The Morgan fingerprint density at radius 2 is 1.70 bits per heavy atom. The fourth-order valence-electron chi connectivity index (χ4n) is 5.57. The van der Waals surface area contributed by atoms with Gasteiger partial charge >= 0.3 is 23.8 Å². The Balaban J connectivity index is 0.00000529. The number of ether oxygens (including phenoxy) is 1. The van der Waals surface area contributed by atoms with Gasteiger partial charge in [-0.2, -0.15) is 0 Å². The zero-order valence-corrected chi connectivity index (χ0v) is 27.2. The van der Waals surface area contributed by atoms with E-state index in [1.54, 1.807) is 37.3 Å². The molecule has 15 heteroatoms. The number of carbonyl (C=O) groups excluding carboxylic acids is 6. The molecule has 242 valence electrons. The molecule has 3 fully saturated rings. The molecular formula is C29H41ClN6O7S. The minimum Gasteiger partial charge on any atom is -0.463 e. The standard InChI is InChI=1S/C29H40N6O7S.ClH/c1-6-32(7-2)16-17-42-27(40)21-29(4,5)43-26-20(23(37)35(21)26)30-22(36)19(18-12-10-9-11-13-18)31-28(41)34-15-14-33(8-3)24(38)25(34)39;/h9-13,19-21,26H,6-8,14-17H2,1-5H3,(H,30,36)(H,31,41);1H/t19-,20-,21+,26-;/m1./s1. The average Bonchev–Trinajstić information content (AvgIpc) is 3.25. The summed E-state index contributed by atoms with van der Waals surface area (Å²) in [5, 5.41) is 4.82. The number of fused-ring (bicyclic) bond motifs is 1. The number of nitrogens with one attached hydrogen (secondary N) is 2. The number of thioether (sulfide) groups is 1. The Morgan fingerprint density at radius 1 is 1.05 bits per heavy atom. The fourth-order valence-corrected chi connectivity index (χ4v) is 7.20. The van der Waals surface area contributed by atoms with E-state index in [1.807, 2.05) is 27.7 Å². The molecule has 44 heavy (non-hydrogen) atoms. The number of hydrogen-bond acceptors (Lipinski definition) is 9. The molecule has 0 unspecified atom stereocenters. The van der Waals surface area contributed by atoms with Crippen molar-refractivity contribution < 1.29 is 33.5 Å². The number of nitrogens with zero attached hydrogens (tertiary/aromatic N) is 4. The number of esters is 1. The van der Waals surface area contributed by atoms with Crippen LogP contribution in [0.4, 0.5) is 4.79 Å². The van der Waals surface area contributed by atoms with Crippen LogP contribution in [0, 0.1) is 0 Å². The van der Waals surface area contributed by atoms with Crippen LogP contribution in [0.5, 0.6) is 0 Å². The Hall–Kier alpha value is -3.36. The van der Waals surface area contributed by atoms with E-state index in [4.69, 9.17) is 4.74 Å². The lowest BCUT2D eigenvalue weighted by molar-refractivity contribution is -0.164. The van der Waals surface area contributed by atoms with Crippen molar-refractivity contribution in [2.24, 2.45) is 0 Å². The molecule has 13 nitrogen and oxygen atoms in total. The maximum atomic E-state index is 13.6. The first-order valence-corrected chi connectivity index (χ1v) is 15.5. The van der Waals surface area contributed by atoms with Crippen molar-refractivity contribution in [1.29, 1.82) is 0 Å². The molecular weight excluding hydrogens is 612 g/mol. The number of rotatable bonds is 11. The number of amides is 6. The molecule has 3 heterocycles. The second-order valence-electron chi connectivity index (χ2n) is 11.1. The van der Waals surface area contributed by atoms with Crippen LogP contribution < -0.4 is 10.6 Å².